The van der Waals surface area contributed by atoms with Gasteiger partial charge >= 0.3 is 5.97 Å². The zero-order valence-electron chi connectivity index (χ0n) is 7.90. The number of aliphatic carboxylic acids is 1. The minimum absolute atomic E-state index is 0.165. The second-order valence-electron chi connectivity index (χ2n) is 2.89. The van der Waals surface area contributed by atoms with Gasteiger partial charge in [0, 0.05) is 19.5 Å². The fourth-order valence-electron chi connectivity index (χ4n) is 1.02. The SMILES string of the molecule is CCCN(CCCCC(=O)O)N=O. The molecule has 0 aromatic carbocycles. The summed E-state index contributed by atoms with van der Waals surface area (Å²) in [5, 5.41) is 12.6. The number of carboxylic acids is 1. The third kappa shape index (κ3) is 7.24. The van der Waals surface area contributed by atoms with Gasteiger partial charge in [-0.25, -0.2) is 0 Å². The Morgan fingerprint density at radius 2 is 2.08 bits per heavy atom. The molecule has 0 aliphatic carbocycles. The van der Waals surface area contributed by atoms with Gasteiger partial charge in [0.25, 0.3) is 0 Å². The maximum Gasteiger partial charge on any atom is 0.303 e. The lowest BCUT2D eigenvalue weighted by atomic mass is 10.2. The van der Waals surface area contributed by atoms with Crippen LogP contribution < -0.4 is 0 Å². The summed E-state index contributed by atoms with van der Waals surface area (Å²) < 4.78 is 0. The van der Waals surface area contributed by atoms with Crippen molar-refractivity contribution in [1.29, 1.82) is 0 Å². The lowest BCUT2D eigenvalue weighted by Crippen LogP contribution is -2.18. The van der Waals surface area contributed by atoms with Crippen LogP contribution in [0.3, 0.4) is 0 Å². The predicted molar refractivity (Wildman–Crippen MR) is 49.1 cm³/mol. The highest BCUT2D eigenvalue weighted by Gasteiger charge is 2.01. The molecule has 0 saturated heterocycles. The van der Waals surface area contributed by atoms with Crippen LogP contribution in [0.15, 0.2) is 5.29 Å². The maximum atomic E-state index is 10.2. The summed E-state index contributed by atoms with van der Waals surface area (Å²) in [4.78, 5) is 20.3. The van der Waals surface area contributed by atoms with E-state index in [1.165, 1.54) is 5.01 Å². The van der Waals surface area contributed by atoms with Crippen LogP contribution in [0, 0.1) is 4.91 Å². The number of carbonyl (C=O) groups is 1. The Labute approximate surface area is 77.7 Å². The van der Waals surface area contributed by atoms with E-state index in [1.54, 1.807) is 0 Å². The monoisotopic (exact) mass is 188 g/mol. The largest absolute Gasteiger partial charge is 0.481 e. The number of carboxylic acid groups (broad SMARTS) is 1. The molecule has 0 rings (SSSR count). The second-order valence-corrected chi connectivity index (χ2v) is 2.89. The Hall–Kier alpha value is -1.13. The number of nitrogens with zero attached hydrogens (tertiary/aromatic N) is 2. The van der Waals surface area contributed by atoms with Gasteiger partial charge in [-0.05, 0) is 19.3 Å². The molecule has 0 aromatic rings. The van der Waals surface area contributed by atoms with Crippen molar-refractivity contribution in [3.05, 3.63) is 4.91 Å². The summed E-state index contributed by atoms with van der Waals surface area (Å²) in [6, 6.07) is 0. The minimum atomic E-state index is -0.791. The molecule has 0 saturated carbocycles. The molecule has 0 radical (unpaired) electrons. The normalized spacial score (nSPS) is 9.62. The number of unbranched alkanes of at least 4 members (excludes halogenated alkanes) is 1. The van der Waals surface area contributed by atoms with E-state index in [-0.39, 0.29) is 6.42 Å². The fourth-order valence-corrected chi connectivity index (χ4v) is 1.02. The predicted octanol–water partition coefficient (Wildman–Crippen LogP) is 1.63. The summed E-state index contributed by atoms with van der Waals surface area (Å²) in [5.41, 5.74) is 0. The van der Waals surface area contributed by atoms with Crippen LogP contribution in [-0.4, -0.2) is 29.2 Å². The lowest BCUT2D eigenvalue weighted by Gasteiger charge is -2.12. The van der Waals surface area contributed by atoms with E-state index in [1.807, 2.05) is 6.92 Å². The summed E-state index contributed by atoms with van der Waals surface area (Å²) in [6.07, 6.45) is 2.35. The first-order chi connectivity index (χ1) is 6.20. The molecule has 0 spiro atoms. The molecule has 0 heterocycles. The van der Waals surface area contributed by atoms with Gasteiger partial charge in [0.15, 0.2) is 0 Å². The van der Waals surface area contributed by atoms with Crippen LogP contribution in [-0.2, 0) is 4.79 Å². The molecular formula is C8H16N2O3. The fraction of sp³-hybridized carbons (Fsp3) is 0.875. The molecule has 0 bridgehead atoms. The first-order valence-electron chi connectivity index (χ1n) is 4.50. The van der Waals surface area contributed by atoms with Crippen molar-refractivity contribution < 1.29 is 9.90 Å². The van der Waals surface area contributed by atoms with Crippen LogP contribution >= 0.6 is 0 Å². The third-order valence-corrected chi connectivity index (χ3v) is 1.65. The molecule has 0 atom stereocenters. The van der Waals surface area contributed by atoms with Crippen molar-refractivity contribution in [3.8, 4) is 0 Å². The summed E-state index contributed by atoms with van der Waals surface area (Å²) in [7, 11) is 0. The smallest absolute Gasteiger partial charge is 0.303 e. The summed E-state index contributed by atoms with van der Waals surface area (Å²) in [6.45, 7) is 3.18. The van der Waals surface area contributed by atoms with E-state index in [2.05, 4.69) is 5.29 Å². The molecule has 1 N–H and O–H groups in total. The molecule has 13 heavy (non-hydrogen) atoms. The van der Waals surface area contributed by atoms with E-state index < -0.39 is 5.97 Å². The second kappa shape index (κ2) is 7.52. The highest BCUT2D eigenvalue weighted by atomic mass is 16.4. The van der Waals surface area contributed by atoms with Crippen LogP contribution in [0.4, 0.5) is 0 Å². The molecule has 0 aliphatic rings. The molecule has 76 valence electrons. The first kappa shape index (κ1) is 11.9. The molecule has 0 fully saturated rings. The van der Waals surface area contributed by atoms with Crippen LogP contribution in [0.1, 0.15) is 32.6 Å². The Balaban J connectivity index is 3.37. The topological polar surface area (TPSA) is 70.0 Å². The number of nitroso groups, excluding NO2 is 1. The van der Waals surface area contributed by atoms with Crippen molar-refractivity contribution in [1.82, 2.24) is 5.01 Å². The Bertz CT molecular complexity index is 161. The molecule has 0 amide bonds. The molecular weight excluding hydrogens is 172 g/mol. The molecule has 0 unspecified atom stereocenters. The average Bonchev–Trinajstić information content (AvgIpc) is 2.10. The van der Waals surface area contributed by atoms with Gasteiger partial charge in [0.05, 0.1) is 5.29 Å². The number of hydrogen-bond donors (Lipinski definition) is 1. The van der Waals surface area contributed by atoms with Gasteiger partial charge in [-0.3, -0.25) is 9.80 Å². The quantitative estimate of drug-likeness (QED) is 0.357. The van der Waals surface area contributed by atoms with Crippen molar-refractivity contribution in [2.75, 3.05) is 13.1 Å². The molecule has 5 nitrogen and oxygen atoms in total. The standard InChI is InChI=1S/C8H16N2O3/c1-2-6-10(9-13)7-4-3-5-8(11)12/h2-7H2,1H3,(H,11,12). The van der Waals surface area contributed by atoms with E-state index in [0.717, 1.165) is 6.42 Å². The van der Waals surface area contributed by atoms with Gasteiger partial charge in [-0.15, -0.1) is 4.91 Å². The van der Waals surface area contributed by atoms with Crippen LogP contribution in [0.5, 0.6) is 0 Å². The zero-order chi connectivity index (χ0) is 10.1. The van der Waals surface area contributed by atoms with E-state index in [0.29, 0.717) is 25.9 Å². The van der Waals surface area contributed by atoms with Crippen molar-refractivity contribution in [3.63, 3.8) is 0 Å². The molecule has 0 aromatic heterocycles. The van der Waals surface area contributed by atoms with Gasteiger partial charge in [-0.2, -0.15) is 0 Å². The van der Waals surface area contributed by atoms with Gasteiger partial charge in [0.2, 0.25) is 0 Å². The van der Waals surface area contributed by atoms with Crippen molar-refractivity contribution >= 4 is 5.97 Å². The minimum Gasteiger partial charge on any atom is -0.481 e. The molecule has 5 heteroatoms. The zero-order valence-corrected chi connectivity index (χ0v) is 7.90. The van der Waals surface area contributed by atoms with Gasteiger partial charge < -0.3 is 5.11 Å². The number of rotatable bonds is 8. The average molecular weight is 188 g/mol. The van der Waals surface area contributed by atoms with E-state index in [4.69, 9.17) is 5.11 Å². The van der Waals surface area contributed by atoms with Gasteiger partial charge in [-0.1, -0.05) is 6.92 Å². The third-order valence-electron chi connectivity index (χ3n) is 1.65. The Kier molecular flexibility index (Phi) is 6.86. The number of hydrogen-bond acceptors (Lipinski definition) is 3. The van der Waals surface area contributed by atoms with E-state index in [9.17, 15) is 9.70 Å². The first-order valence-corrected chi connectivity index (χ1v) is 4.50. The summed E-state index contributed by atoms with van der Waals surface area (Å²) >= 11 is 0. The van der Waals surface area contributed by atoms with Crippen molar-refractivity contribution in [2.45, 2.75) is 32.6 Å². The highest BCUT2D eigenvalue weighted by molar-refractivity contribution is 5.66. The summed E-state index contributed by atoms with van der Waals surface area (Å²) in [5.74, 6) is -0.791. The Morgan fingerprint density at radius 3 is 2.54 bits per heavy atom. The lowest BCUT2D eigenvalue weighted by molar-refractivity contribution is -0.137. The van der Waals surface area contributed by atoms with Crippen molar-refractivity contribution in [2.24, 2.45) is 5.29 Å². The highest BCUT2D eigenvalue weighted by Crippen LogP contribution is 2.00. The van der Waals surface area contributed by atoms with Gasteiger partial charge in [0.1, 0.15) is 0 Å². The Morgan fingerprint density at radius 1 is 1.38 bits per heavy atom. The van der Waals surface area contributed by atoms with E-state index >= 15 is 0 Å². The molecule has 0 aliphatic heterocycles. The maximum absolute atomic E-state index is 10.2. The van der Waals surface area contributed by atoms with Crippen LogP contribution in [0.25, 0.3) is 0 Å². The van der Waals surface area contributed by atoms with Crippen LogP contribution in [0.2, 0.25) is 0 Å².